The van der Waals surface area contributed by atoms with Crippen LogP contribution < -0.4 is 0 Å². The molecule has 1 aromatic heterocycles. The van der Waals surface area contributed by atoms with Crippen molar-refractivity contribution < 1.29 is 9.90 Å². The number of nitrogens with zero attached hydrogens (tertiary/aromatic N) is 4. The van der Waals surface area contributed by atoms with Crippen LogP contribution in [0, 0.1) is 5.92 Å². The molecule has 1 N–H and O–H groups in total. The van der Waals surface area contributed by atoms with Gasteiger partial charge in [-0.3, -0.25) is 4.79 Å². The van der Waals surface area contributed by atoms with Gasteiger partial charge in [-0.1, -0.05) is 5.21 Å². The molecule has 0 aliphatic carbocycles. The summed E-state index contributed by atoms with van der Waals surface area (Å²) in [6.07, 6.45) is 1.91. The van der Waals surface area contributed by atoms with Crippen molar-refractivity contribution >= 4 is 16.9 Å². The highest BCUT2D eigenvalue weighted by atomic mass is 16.3. The van der Waals surface area contributed by atoms with Gasteiger partial charge in [0.05, 0.1) is 5.52 Å². The van der Waals surface area contributed by atoms with Crippen LogP contribution >= 0.6 is 0 Å². The number of rotatable bonds is 3. The van der Waals surface area contributed by atoms with Crippen LogP contribution in [0.3, 0.4) is 0 Å². The molecule has 0 bridgehead atoms. The first-order valence-electron chi connectivity index (χ1n) is 7.89. The molecule has 1 aromatic carbocycles. The van der Waals surface area contributed by atoms with Gasteiger partial charge in [-0.25, -0.2) is 4.68 Å². The van der Waals surface area contributed by atoms with Crippen molar-refractivity contribution in [1.29, 1.82) is 0 Å². The van der Waals surface area contributed by atoms with E-state index in [0.717, 1.165) is 30.4 Å². The molecular formula is C16H22N4O2. The van der Waals surface area contributed by atoms with Gasteiger partial charge in [0.2, 0.25) is 0 Å². The smallest absolute Gasteiger partial charge is 0.254 e. The minimum atomic E-state index is 0.0126. The second-order valence-corrected chi connectivity index (χ2v) is 6.04. The molecule has 118 valence electrons. The summed E-state index contributed by atoms with van der Waals surface area (Å²) in [5, 5.41) is 17.6. The van der Waals surface area contributed by atoms with Gasteiger partial charge in [0.25, 0.3) is 5.91 Å². The maximum absolute atomic E-state index is 12.8. The fourth-order valence-electron chi connectivity index (χ4n) is 3.12. The Labute approximate surface area is 129 Å². The molecule has 0 saturated carbocycles. The van der Waals surface area contributed by atoms with E-state index in [1.54, 1.807) is 0 Å². The van der Waals surface area contributed by atoms with Crippen molar-refractivity contribution in [2.45, 2.75) is 39.3 Å². The van der Waals surface area contributed by atoms with Crippen molar-refractivity contribution in [3.63, 3.8) is 0 Å². The Morgan fingerprint density at radius 2 is 2.23 bits per heavy atom. The van der Waals surface area contributed by atoms with Crippen LogP contribution in [0.25, 0.3) is 11.0 Å². The average molecular weight is 302 g/mol. The molecule has 0 radical (unpaired) electrons. The minimum absolute atomic E-state index is 0.0126. The molecule has 2 heterocycles. The molecule has 2 unspecified atom stereocenters. The summed E-state index contributed by atoms with van der Waals surface area (Å²) in [6, 6.07) is 5.77. The Balaban J connectivity index is 1.87. The van der Waals surface area contributed by atoms with E-state index in [0.29, 0.717) is 12.1 Å². The van der Waals surface area contributed by atoms with Crippen molar-refractivity contribution in [3.8, 4) is 0 Å². The highest BCUT2D eigenvalue weighted by molar-refractivity contribution is 5.97. The number of carbonyl (C=O) groups is 1. The van der Waals surface area contributed by atoms with Crippen LogP contribution in [0.5, 0.6) is 0 Å². The quantitative estimate of drug-likeness (QED) is 0.936. The first kappa shape index (κ1) is 15.0. The molecule has 6 nitrogen and oxygen atoms in total. The number of hydrogen-bond donors (Lipinski definition) is 1. The molecule has 3 rings (SSSR count). The molecule has 0 spiro atoms. The standard InChI is InChI=1S/C16H22N4O2/c1-3-20-15-7-6-13(8-14(15)17-18-20)16(22)19-9-12(10-21)5-4-11(19)2/h6-8,11-12,21H,3-5,9-10H2,1-2H3. The lowest BCUT2D eigenvalue weighted by Gasteiger charge is -2.37. The van der Waals surface area contributed by atoms with Crippen molar-refractivity contribution in [3.05, 3.63) is 23.8 Å². The van der Waals surface area contributed by atoms with Gasteiger partial charge >= 0.3 is 0 Å². The predicted octanol–water partition coefficient (Wildman–Crippen LogP) is 1.68. The van der Waals surface area contributed by atoms with Crippen LogP contribution in [0.2, 0.25) is 0 Å². The highest BCUT2D eigenvalue weighted by Crippen LogP contribution is 2.24. The van der Waals surface area contributed by atoms with Crippen LogP contribution in [0.4, 0.5) is 0 Å². The second kappa shape index (κ2) is 6.04. The van der Waals surface area contributed by atoms with Crippen LogP contribution in [-0.2, 0) is 6.54 Å². The van der Waals surface area contributed by atoms with E-state index in [2.05, 4.69) is 17.2 Å². The van der Waals surface area contributed by atoms with Crippen molar-refractivity contribution in [2.24, 2.45) is 5.92 Å². The summed E-state index contributed by atoms with van der Waals surface area (Å²) in [7, 11) is 0. The van der Waals surface area contributed by atoms with Crippen molar-refractivity contribution in [1.82, 2.24) is 19.9 Å². The molecule has 1 amide bonds. The van der Waals surface area contributed by atoms with Crippen molar-refractivity contribution in [2.75, 3.05) is 13.2 Å². The van der Waals surface area contributed by atoms with E-state index in [4.69, 9.17) is 0 Å². The zero-order valence-electron chi connectivity index (χ0n) is 13.1. The van der Waals surface area contributed by atoms with Gasteiger partial charge in [-0.15, -0.1) is 5.10 Å². The normalized spacial score (nSPS) is 22.2. The predicted molar refractivity (Wildman–Crippen MR) is 83.5 cm³/mol. The Hall–Kier alpha value is -1.95. The van der Waals surface area contributed by atoms with Gasteiger partial charge in [0, 0.05) is 31.3 Å². The first-order valence-corrected chi connectivity index (χ1v) is 7.89. The number of aliphatic hydroxyl groups is 1. The number of fused-ring (bicyclic) bond motifs is 1. The third-order valence-electron chi connectivity index (χ3n) is 4.56. The van der Waals surface area contributed by atoms with Crippen LogP contribution in [0.1, 0.15) is 37.0 Å². The van der Waals surface area contributed by atoms with E-state index in [1.807, 2.05) is 34.7 Å². The molecule has 1 aliphatic rings. The number of carbonyl (C=O) groups excluding carboxylic acids is 1. The molecule has 2 atom stereocenters. The maximum Gasteiger partial charge on any atom is 0.254 e. The second-order valence-electron chi connectivity index (χ2n) is 6.04. The van der Waals surface area contributed by atoms with E-state index in [9.17, 15) is 9.90 Å². The molecule has 1 aliphatic heterocycles. The highest BCUT2D eigenvalue weighted by Gasteiger charge is 2.29. The maximum atomic E-state index is 12.8. The fraction of sp³-hybridized carbons (Fsp3) is 0.562. The van der Waals surface area contributed by atoms with Gasteiger partial charge in [-0.05, 0) is 50.8 Å². The first-order chi connectivity index (χ1) is 10.6. The molecule has 1 saturated heterocycles. The summed E-state index contributed by atoms with van der Waals surface area (Å²) in [6.45, 7) is 5.59. The van der Waals surface area contributed by atoms with Crippen LogP contribution in [0.15, 0.2) is 18.2 Å². The Morgan fingerprint density at radius 3 is 2.95 bits per heavy atom. The summed E-state index contributed by atoms with van der Waals surface area (Å²) < 4.78 is 1.81. The van der Waals surface area contributed by atoms with Crippen LogP contribution in [-0.4, -0.2) is 50.1 Å². The molecule has 22 heavy (non-hydrogen) atoms. The topological polar surface area (TPSA) is 71.2 Å². The van der Waals surface area contributed by atoms with Gasteiger partial charge in [0.15, 0.2) is 0 Å². The molecule has 1 fully saturated rings. The van der Waals surface area contributed by atoms with Gasteiger partial charge < -0.3 is 10.0 Å². The average Bonchev–Trinajstić information content (AvgIpc) is 2.97. The lowest BCUT2D eigenvalue weighted by atomic mass is 9.93. The lowest BCUT2D eigenvalue weighted by Crippen LogP contribution is -2.46. The summed E-state index contributed by atoms with van der Waals surface area (Å²) in [4.78, 5) is 14.7. The summed E-state index contributed by atoms with van der Waals surface area (Å²) >= 11 is 0. The van der Waals surface area contributed by atoms with E-state index in [-0.39, 0.29) is 24.5 Å². The number of aliphatic hydroxyl groups excluding tert-OH is 1. The number of likely N-dealkylation sites (tertiary alicyclic amines) is 1. The monoisotopic (exact) mass is 302 g/mol. The molecule has 2 aromatic rings. The van der Waals surface area contributed by atoms with Gasteiger partial charge in [-0.2, -0.15) is 0 Å². The lowest BCUT2D eigenvalue weighted by molar-refractivity contribution is 0.0489. The number of aryl methyl sites for hydroxylation is 1. The Kier molecular flexibility index (Phi) is 4.11. The largest absolute Gasteiger partial charge is 0.396 e. The number of hydrogen-bond acceptors (Lipinski definition) is 4. The number of piperidine rings is 1. The van der Waals surface area contributed by atoms with E-state index >= 15 is 0 Å². The minimum Gasteiger partial charge on any atom is -0.396 e. The molecule has 6 heteroatoms. The zero-order chi connectivity index (χ0) is 15.7. The summed E-state index contributed by atoms with van der Waals surface area (Å²) in [5.41, 5.74) is 2.33. The van der Waals surface area contributed by atoms with E-state index in [1.165, 1.54) is 0 Å². The van der Waals surface area contributed by atoms with E-state index < -0.39 is 0 Å². The molecular weight excluding hydrogens is 280 g/mol. The number of benzene rings is 1. The Bertz CT molecular complexity index is 682. The van der Waals surface area contributed by atoms with Gasteiger partial charge in [0.1, 0.15) is 5.52 Å². The Morgan fingerprint density at radius 1 is 1.41 bits per heavy atom. The SMILES string of the molecule is CCn1nnc2cc(C(=O)N3CC(CO)CCC3C)ccc21. The third-order valence-corrected chi connectivity index (χ3v) is 4.56. The number of amides is 1. The third kappa shape index (κ3) is 2.59. The number of aromatic nitrogens is 3. The zero-order valence-corrected chi connectivity index (χ0v) is 13.1. The fourth-order valence-corrected chi connectivity index (χ4v) is 3.12. The summed E-state index contributed by atoms with van der Waals surface area (Å²) in [5.74, 6) is 0.198.